The smallest absolute Gasteiger partial charge is 0.335 e. The molecule has 21 heavy (non-hydrogen) atoms. The predicted molar refractivity (Wildman–Crippen MR) is 80.8 cm³/mol. The van der Waals surface area contributed by atoms with Crippen LogP contribution in [0, 0.1) is 6.92 Å². The average molecular weight is 291 g/mol. The van der Waals surface area contributed by atoms with Crippen molar-refractivity contribution in [1.29, 1.82) is 0 Å². The third-order valence-corrected chi connectivity index (χ3v) is 3.68. The number of aryl methyl sites for hydroxylation is 1. The number of carboxylic acids is 1. The number of nitrogens with one attached hydrogen (secondary N) is 2. The maximum Gasteiger partial charge on any atom is 0.335 e. The Hall–Kier alpha value is -2.08. The molecule has 0 aliphatic carbocycles. The second-order valence-electron chi connectivity index (χ2n) is 5.53. The summed E-state index contributed by atoms with van der Waals surface area (Å²) in [6.45, 7) is 3.69. The molecule has 114 valence electrons. The lowest BCUT2D eigenvalue weighted by Gasteiger charge is -2.30. The number of urea groups is 1. The molecule has 1 fully saturated rings. The van der Waals surface area contributed by atoms with Crippen molar-refractivity contribution in [3.8, 4) is 0 Å². The standard InChI is InChI=1S/C15H21N3O3/c1-10-8-11(14(19)20)5-6-13(10)17-15(21)16-12-4-3-7-18(2)9-12/h5-6,8,12H,3-4,7,9H2,1-2H3,(H,19,20)(H2,16,17,21). The highest BCUT2D eigenvalue weighted by atomic mass is 16.4. The summed E-state index contributed by atoms with van der Waals surface area (Å²) in [4.78, 5) is 25.1. The van der Waals surface area contributed by atoms with Crippen molar-refractivity contribution in [2.45, 2.75) is 25.8 Å². The molecule has 0 saturated carbocycles. The number of likely N-dealkylation sites (tertiary alicyclic amines) is 1. The molecule has 1 aliphatic heterocycles. The van der Waals surface area contributed by atoms with Crippen LogP contribution >= 0.6 is 0 Å². The average Bonchev–Trinajstić information content (AvgIpc) is 2.40. The van der Waals surface area contributed by atoms with Gasteiger partial charge in [-0.15, -0.1) is 0 Å². The molecule has 3 N–H and O–H groups in total. The third-order valence-electron chi connectivity index (χ3n) is 3.68. The number of carbonyl (C=O) groups excluding carboxylic acids is 1. The number of aromatic carboxylic acids is 1. The van der Waals surface area contributed by atoms with E-state index >= 15 is 0 Å². The number of piperidine rings is 1. The highest BCUT2D eigenvalue weighted by molar-refractivity contribution is 5.92. The Balaban J connectivity index is 1.94. The van der Waals surface area contributed by atoms with Crippen LogP contribution < -0.4 is 10.6 Å². The molecule has 1 saturated heterocycles. The van der Waals surface area contributed by atoms with Crippen molar-refractivity contribution < 1.29 is 14.7 Å². The number of anilines is 1. The normalized spacial score (nSPS) is 19.0. The van der Waals surface area contributed by atoms with Gasteiger partial charge in [-0.05, 0) is 57.1 Å². The first-order chi connectivity index (χ1) is 9.95. The number of amides is 2. The molecule has 0 radical (unpaired) electrons. The monoisotopic (exact) mass is 291 g/mol. The van der Waals surface area contributed by atoms with Crippen LogP contribution in [0.25, 0.3) is 0 Å². The van der Waals surface area contributed by atoms with Gasteiger partial charge in [-0.2, -0.15) is 0 Å². The molecular formula is C15H21N3O3. The summed E-state index contributed by atoms with van der Waals surface area (Å²) in [5.74, 6) is -0.973. The quantitative estimate of drug-likeness (QED) is 0.794. The fraction of sp³-hybridized carbons (Fsp3) is 0.467. The Kier molecular flexibility index (Phi) is 4.80. The van der Waals surface area contributed by atoms with E-state index in [4.69, 9.17) is 5.11 Å². The van der Waals surface area contributed by atoms with E-state index < -0.39 is 5.97 Å². The van der Waals surface area contributed by atoms with Crippen molar-refractivity contribution >= 4 is 17.7 Å². The van der Waals surface area contributed by atoms with E-state index in [2.05, 4.69) is 15.5 Å². The number of hydrogen-bond acceptors (Lipinski definition) is 3. The number of likely N-dealkylation sites (N-methyl/N-ethyl adjacent to an activating group) is 1. The van der Waals surface area contributed by atoms with Crippen molar-refractivity contribution in [3.63, 3.8) is 0 Å². The highest BCUT2D eigenvalue weighted by Gasteiger charge is 2.19. The van der Waals surface area contributed by atoms with Crippen LogP contribution in [-0.2, 0) is 0 Å². The topological polar surface area (TPSA) is 81.7 Å². The van der Waals surface area contributed by atoms with Crippen LogP contribution in [0.4, 0.5) is 10.5 Å². The molecular weight excluding hydrogens is 270 g/mol. The first-order valence-corrected chi connectivity index (χ1v) is 7.05. The van der Waals surface area contributed by atoms with Gasteiger partial charge in [0, 0.05) is 18.3 Å². The Morgan fingerprint density at radius 2 is 2.14 bits per heavy atom. The van der Waals surface area contributed by atoms with Crippen LogP contribution in [0.5, 0.6) is 0 Å². The Morgan fingerprint density at radius 3 is 2.76 bits per heavy atom. The Bertz CT molecular complexity index is 545. The summed E-state index contributed by atoms with van der Waals surface area (Å²) in [6, 6.07) is 4.56. The van der Waals surface area contributed by atoms with Crippen LogP contribution in [-0.4, -0.2) is 48.2 Å². The fourth-order valence-electron chi connectivity index (χ4n) is 2.56. The summed E-state index contributed by atoms with van der Waals surface area (Å²) in [6.07, 6.45) is 2.06. The summed E-state index contributed by atoms with van der Waals surface area (Å²) >= 11 is 0. The van der Waals surface area contributed by atoms with E-state index in [1.807, 2.05) is 7.05 Å². The van der Waals surface area contributed by atoms with Crippen LogP contribution in [0.3, 0.4) is 0 Å². The fourth-order valence-corrected chi connectivity index (χ4v) is 2.56. The molecule has 0 aromatic heterocycles. The van der Waals surface area contributed by atoms with Gasteiger partial charge in [-0.1, -0.05) is 0 Å². The second-order valence-corrected chi connectivity index (χ2v) is 5.53. The number of carboxylic acid groups (broad SMARTS) is 1. The van der Waals surface area contributed by atoms with Gasteiger partial charge < -0.3 is 20.6 Å². The second kappa shape index (κ2) is 6.58. The first-order valence-electron chi connectivity index (χ1n) is 7.05. The van der Waals surface area contributed by atoms with Gasteiger partial charge in [0.25, 0.3) is 0 Å². The molecule has 1 aromatic carbocycles. The molecule has 1 heterocycles. The van der Waals surface area contributed by atoms with Gasteiger partial charge in [-0.3, -0.25) is 0 Å². The van der Waals surface area contributed by atoms with Crippen LogP contribution in [0.2, 0.25) is 0 Å². The third kappa shape index (κ3) is 4.19. The molecule has 6 heteroatoms. The largest absolute Gasteiger partial charge is 0.478 e. The predicted octanol–water partition coefficient (Wildman–Crippen LogP) is 1.91. The zero-order valence-corrected chi connectivity index (χ0v) is 12.3. The van der Waals surface area contributed by atoms with Gasteiger partial charge in [0.2, 0.25) is 0 Å². The van der Waals surface area contributed by atoms with E-state index in [-0.39, 0.29) is 17.6 Å². The Morgan fingerprint density at radius 1 is 1.38 bits per heavy atom. The minimum absolute atomic E-state index is 0.155. The number of benzene rings is 1. The summed E-state index contributed by atoms with van der Waals surface area (Å²) < 4.78 is 0. The Labute approximate surface area is 124 Å². The molecule has 6 nitrogen and oxygen atoms in total. The summed E-state index contributed by atoms with van der Waals surface area (Å²) in [5.41, 5.74) is 1.57. The van der Waals surface area contributed by atoms with E-state index in [1.54, 1.807) is 19.1 Å². The van der Waals surface area contributed by atoms with Gasteiger partial charge in [0.1, 0.15) is 0 Å². The molecule has 2 rings (SSSR count). The van der Waals surface area contributed by atoms with Crippen molar-refractivity contribution in [2.75, 3.05) is 25.5 Å². The van der Waals surface area contributed by atoms with Crippen molar-refractivity contribution in [1.82, 2.24) is 10.2 Å². The minimum Gasteiger partial charge on any atom is -0.478 e. The molecule has 1 aromatic rings. The zero-order valence-electron chi connectivity index (χ0n) is 12.3. The minimum atomic E-state index is -0.973. The van der Waals surface area contributed by atoms with Crippen molar-refractivity contribution in [2.24, 2.45) is 0 Å². The number of hydrogen-bond donors (Lipinski definition) is 3. The lowest BCUT2D eigenvalue weighted by atomic mass is 10.1. The van der Waals surface area contributed by atoms with E-state index in [0.29, 0.717) is 5.69 Å². The molecule has 0 bridgehead atoms. The number of nitrogens with zero attached hydrogens (tertiary/aromatic N) is 1. The summed E-state index contributed by atoms with van der Waals surface area (Å²) in [7, 11) is 2.04. The van der Waals surface area contributed by atoms with E-state index in [1.165, 1.54) is 6.07 Å². The summed E-state index contributed by atoms with van der Waals surface area (Å²) in [5, 5.41) is 14.7. The van der Waals surface area contributed by atoms with Gasteiger partial charge >= 0.3 is 12.0 Å². The maximum atomic E-state index is 12.0. The molecule has 1 aliphatic rings. The number of carbonyl (C=O) groups is 2. The SMILES string of the molecule is Cc1cc(C(=O)O)ccc1NC(=O)NC1CCCN(C)C1. The zero-order chi connectivity index (χ0) is 15.4. The maximum absolute atomic E-state index is 12.0. The van der Waals surface area contributed by atoms with Gasteiger partial charge in [0.15, 0.2) is 0 Å². The number of rotatable bonds is 3. The highest BCUT2D eigenvalue weighted by Crippen LogP contribution is 2.17. The molecule has 2 amide bonds. The lowest BCUT2D eigenvalue weighted by Crippen LogP contribution is -2.47. The van der Waals surface area contributed by atoms with Crippen LogP contribution in [0.1, 0.15) is 28.8 Å². The first kappa shape index (κ1) is 15.3. The van der Waals surface area contributed by atoms with E-state index in [9.17, 15) is 9.59 Å². The van der Waals surface area contributed by atoms with Gasteiger partial charge in [0.05, 0.1) is 5.56 Å². The lowest BCUT2D eigenvalue weighted by molar-refractivity contribution is 0.0697. The van der Waals surface area contributed by atoms with Crippen molar-refractivity contribution in [3.05, 3.63) is 29.3 Å². The van der Waals surface area contributed by atoms with Crippen LogP contribution in [0.15, 0.2) is 18.2 Å². The van der Waals surface area contributed by atoms with E-state index in [0.717, 1.165) is 31.5 Å². The molecule has 1 atom stereocenters. The molecule has 0 spiro atoms. The molecule has 1 unspecified atom stereocenters. The van der Waals surface area contributed by atoms with Gasteiger partial charge in [-0.25, -0.2) is 9.59 Å².